The van der Waals surface area contributed by atoms with Crippen molar-refractivity contribution in [3.8, 4) is 0 Å². The number of hydrogen-bond donors (Lipinski definition) is 1. The van der Waals surface area contributed by atoms with Crippen LogP contribution in [0.15, 0.2) is 17.0 Å². The molecule has 0 radical (unpaired) electrons. The molecule has 1 unspecified atom stereocenters. The number of non-ortho nitro benzene ring substituents is 1. The van der Waals surface area contributed by atoms with Gasteiger partial charge in [0.1, 0.15) is 0 Å². The van der Waals surface area contributed by atoms with Gasteiger partial charge in [-0.1, -0.05) is 13.8 Å². The van der Waals surface area contributed by atoms with Crippen molar-refractivity contribution >= 4 is 15.7 Å². The lowest BCUT2D eigenvalue weighted by Gasteiger charge is -2.33. The highest BCUT2D eigenvalue weighted by Gasteiger charge is 2.26. The van der Waals surface area contributed by atoms with E-state index in [0.717, 1.165) is 19.2 Å². The van der Waals surface area contributed by atoms with E-state index in [1.165, 1.54) is 6.07 Å². The van der Waals surface area contributed by atoms with Gasteiger partial charge >= 0.3 is 0 Å². The Morgan fingerprint density at radius 3 is 2.69 bits per heavy atom. The van der Waals surface area contributed by atoms with Crippen LogP contribution in [0.4, 0.5) is 5.69 Å². The second-order valence-corrected chi connectivity index (χ2v) is 8.88. The first-order chi connectivity index (χ1) is 12.1. The molecule has 8 nitrogen and oxygen atoms in total. The number of morpholine rings is 1. The van der Waals surface area contributed by atoms with E-state index in [2.05, 4.69) is 23.5 Å². The average Bonchev–Trinajstić information content (AvgIpc) is 2.55. The second kappa shape index (κ2) is 8.43. The van der Waals surface area contributed by atoms with Crippen LogP contribution in [0.2, 0.25) is 0 Å². The molecule has 1 N–H and O–H groups in total. The van der Waals surface area contributed by atoms with Crippen LogP contribution < -0.4 is 4.72 Å². The number of nitrogens with one attached hydrogen (secondary N) is 1. The van der Waals surface area contributed by atoms with E-state index in [4.69, 9.17) is 4.74 Å². The molecule has 1 fully saturated rings. The molecular weight excluding hydrogens is 358 g/mol. The zero-order chi connectivity index (χ0) is 19.5. The Morgan fingerprint density at radius 2 is 2.08 bits per heavy atom. The summed E-state index contributed by atoms with van der Waals surface area (Å²) in [4.78, 5) is 12.7. The molecule has 0 amide bonds. The molecule has 26 heavy (non-hydrogen) atoms. The van der Waals surface area contributed by atoms with Gasteiger partial charge in [0.05, 0.1) is 22.5 Å². The van der Waals surface area contributed by atoms with Crippen LogP contribution in [-0.2, 0) is 14.8 Å². The summed E-state index contributed by atoms with van der Waals surface area (Å²) in [7, 11) is -3.86. The minimum Gasteiger partial charge on any atom is -0.374 e. The summed E-state index contributed by atoms with van der Waals surface area (Å²) in [5.74, 6) is 0.529. The highest BCUT2D eigenvalue weighted by molar-refractivity contribution is 7.89. The third-order valence-electron chi connectivity index (χ3n) is 4.45. The Labute approximate surface area is 154 Å². The molecule has 0 saturated carbocycles. The van der Waals surface area contributed by atoms with E-state index in [9.17, 15) is 18.5 Å². The van der Waals surface area contributed by atoms with Crippen molar-refractivity contribution in [1.82, 2.24) is 9.62 Å². The Balaban J connectivity index is 2.10. The van der Waals surface area contributed by atoms with Crippen molar-refractivity contribution < 1.29 is 18.1 Å². The van der Waals surface area contributed by atoms with Gasteiger partial charge in [-0.05, 0) is 30.9 Å². The molecule has 0 aliphatic carbocycles. The zero-order valence-corrected chi connectivity index (χ0v) is 16.5. The molecule has 1 aliphatic rings. The smallest absolute Gasteiger partial charge is 0.271 e. The van der Waals surface area contributed by atoms with E-state index < -0.39 is 14.9 Å². The van der Waals surface area contributed by atoms with Gasteiger partial charge in [-0.15, -0.1) is 0 Å². The van der Waals surface area contributed by atoms with Crippen LogP contribution in [-0.4, -0.2) is 57.1 Å². The van der Waals surface area contributed by atoms with Gasteiger partial charge in [-0.25, -0.2) is 13.1 Å². The molecule has 0 spiro atoms. The molecule has 2 rings (SSSR count). The number of nitrogens with zero attached hydrogens (tertiary/aromatic N) is 2. The fourth-order valence-corrected chi connectivity index (χ4v) is 4.46. The Bertz CT molecular complexity index is 764. The van der Waals surface area contributed by atoms with Gasteiger partial charge in [0.2, 0.25) is 10.0 Å². The van der Waals surface area contributed by atoms with Gasteiger partial charge in [0.15, 0.2) is 0 Å². The standard InChI is InChI=1S/C17H27N3O5S/c1-12(2)10-19-5-6-25-16(11-19)9-18-26(23,24)17-8-15(20(21)22)7-13(3)14(17)4/h7-8,12,16,18H,5-6,9-11H2,1-4H3. The molecule has 1 aromatic carbocycles. The topological polar surface area (TPSA) is 102 Å². The molecule has 1 aliphatic heterocycles. The Kier molecular flexibility index (Phi) is 6.73. The SMILES string of the molecule is Cc1cc([N+](=O)[O-])cc(S(=O)(=O)NCC2CN(CC(C)C)CCO2)c1C. The second-order valence-electron chi connectivity index (χ2n) is 7.14. The molecule has 0 bridgehead atoms. The number of rotatable bonds is 7. The predicted molar refractivity (Wildman–Crippen MR) is 98.8 cm³/mol. The minimum absolute atomic E-state index is 0.0564. The van der Waals surface area contributed by atoms with Crippen molar-refractivity contribution in [1.29, 1.82) is 0 Å². The van der Waals surface area contributed by atoms with Gasteiger partial charge in [0, 0.05) is 38.3 Å². The Morgan fingerprint density at radius 1 is 1.38 bits per heavy atom. The first kappa shape index (κ1) is 20.8. The summed E-state index contributed by atoms with van der Waals surface area (Å²) >= 11 is 0. The van der Waals surface area contributed by atoms with Gasteiger partial charge in [-0.3, -0.25) is 15.0 Å². The summed E-state index contributed by atoms with van der Waals surface area (Å²) in [5, 5.41) is 11.0. The average molecular weight is 385 g/mol. The molecule has 1 atom stereocenters. The first-order valence-corrected chi connectivity index (χ1v) is 10.2. The fraction of sp³-hybridized carbons (Fsp3) is 0.647. The van der Waals surface area contributed by atoms with Crippen LogP contribution in [0.3, 0.4) is 0 Å². The maximum Gasteiger partial charge on any atom is 0.271 e. The quantitative estimate of drug-likeness (QED) is 0.568. The van der Waals surface area contributed by atoms with Crippen LogP contribution in [0.5, 0.6) is 0 Å². The molecule has 1 saturated heterocycles. The number of nitro groups is 1. The van der Waals surface area contributed by atoms with Crippen molar-refractivity contribution in [2.75, 3.05) is 32.8 Å². The summed E-state index contributed by atoms with van der Waals surface area (Å²) in [6, 6.07) is 2.49. The number of benzene rings is 1. The van der Waals surface area contributed by atoms with Crippen molar-refractivity contribution in [2.45, 2.75) is 38.7 Å². The molecular formula is C17H27N3O5S. The summed E-state index contributed by atoms with van der Waals surface area (Å²) in [6.07, 6.45) is -0.239. The van der Waals surface area contributed by atoms with Crippen LogP contribution in [0.25, 0.3) is 0 Å². The maximum atomic E-state index is 12.7. The van der Waals surface area contributed by atoms with Gasteiger partial charge in [0.25, 0.3) is 5.69 Å². The van der Waals surface area contributed by atoms with Crippen LogP contribution >= 0.6 is 0 Å². The first-order valence-electron chi connectivity index (χ1n) is 8.69. The maximum absolute atomic E-state index is 12.7. The van der Waals surface area contributed by atoms with E-state index in [0.29, 0.717) is 30.2 Å². The van der Waals surface area contributed by atoms with Gasteiger partial charge < -0.3 is 4.74 Å². The van der Waals surface area contributed by atoms with E-state index in [-0.39, 0.29) is 23.2 Å². The minimum atomic E-state index is -3.86. The third kappa shape index (κ3) is 5.23. The number of ether oxygens (including phenoxy) is 1. The molecule has 1 heterocycles. The molecule has 1 aromatic rings. The van der Waals surface area contributed by atoms with E-state index in [1.807, 2.05) is 0 Å². The number of aryl methyl sites for hydroxylation is 1. The fourth-order valence-electron chi connectivity index (χ4n) is 3.06. The molecule has 9 heteroatoms. The predicted octanol–water partition coefficient (Wildman–Crippen LogP) is 1.85. The molecule has 0 aromatic heterocycles. The molecule has 146 valence electrons. The number of hydrogen-bond acceptors (Lipinski definition) is 6. The van der Waals surface area contributed by atoms with Crippen LogP contribution in [0, 0.1) is 29.9 Å². The van der Waals surface area contributed by atoms with Gasteiger partial charge in [-0.2, -0.15) is 0 Å². The van der Waals surface area contributed by atoms with E-state index >= 15 is 0 Å². The normalized spacial score (nSPS) is 19.0. The van der Waals surface area contributed by atoms with E-state index in [1.54, 1.807) is 13.8 Å². The number of sulfonamides is 1. The highest BCUT2D eigenvalue weighted by Crippen LogP contribution is 2.25. The highest BCUT2D eigenvalue weighted by atomic mass is 32.2. The van der Waals surface area contributed by atoms with Crippen molar-refractivity contribution in [3.05, 3.63) is 33.4 Å². The zero-order valence-electron chi connectivity index (χ0n) is 15.7. The monoisotopic (exact) mass is 385 g/mol. The van der Waals surface area contributed by atoms with Crippen molar-refractivity contribution in [2.24, 2.45) is 5.92 Å². The lowest BCUT2D eigenvalue weighted by molar-refractivity contribution is -0.385. The third-order valence-corrected chi connectivity index (χ3v) is 6.00. The largest absolute Gasteiger partial charge is 0.374 e. The summed E-state index contributed by atoms with van der Waals surface area (Å²) < 4.78 is 33.6. The summed E-state index contributed by atoms with van der Waals surface area (Å²) in [6.45, 7) is 10.7. The van der Waals surface area contributed by atoms with Crippen LogP contribution in [0.1, 0.15) is 25.0 Å². The number of nitro benzene ring substituents is 1. The summed E-state index contributed by atoms with van der Waals surface area (Å²) in [5.41, 5.74) is 0.844. The Hall–Kier alpha value is -1.55. The lowest BCUT2D eigenvalue weighted by atomic mass is 10.1. The lowest BCUT2D eigenvalue weighted by Crippen LogP contribution is -2.48. The van der Waals surface area contributed by atoms with Crippen molar-refractivity contribution in [3.63, 3.8) is 0 Å².